The minimum atomic E-state index is 0.741. The second-order valence-electron chi connectivity index (χ2n) is 2.63. The van der Waals surface area contributed by atoms with Crippen LogP contribution in [0, 0.1) is 5.21 Å². The normalized spacial score (nSPS) is 9.83. The summed E-state index contributed by atoms with van der Waals surface area (Å²) >= 11 is 0. The van der Waals surface area contributed by atoms with E-state index in [-0.39, 0.29) is 0 Å². The number of hydrogen-bond acceptors (Lipinski definition) is 2. The van der Waals surface area contributed by atoms with Gasteiger partial charge in [-0.1, -0.05) is 6.92 Å². The Labute approximate surface area is 72.2 Å². The van der Waals surface area contributed by atoms with Crippen molar-refractivity contribution in [1.29, 1.82) is 0 Å². The standard InChI is InChI=1S/C9H13NO2/c1-3-4-8-7-9(12-2)5-6-10(8)11/h5-7H,3-4H2,1-2H3. The summed E-state index contributed by atoms with van der Waals surface area (Å²) < 4.78 is 5.88. The van der Waals surface area contributed by atoms with Crippen LogP contribution in [-0.2, 0) is 6.42 Å². The van der Waals surface area contributed by atoms with Crippen LogP contribution in [0.15, 0.2) is 18.3 Å². The van der Waals surface area contributed by atoms with E-state index in [0.717, 1.165) is 29.0 Å². The second-order valence-corrected chi connectivity index (χ2v) is 2.63. The molecule has 0 bridgehead atoms. The van der Waals surface area contributed by atoms with Crippen LogP contribution in [-0.4, -0.2) is 7.11 Å². The van der Waals surface area contributed by atoms with Gasteiger partial charge in [-0.3, -0.25) is 0 Å². The summed E-state index contributed by atoms with van der Waals surface area (Å²) in [6.45, 7) is 2.04. The lowest BCUT2D eigenvalue weighted by Gasteiger charge is -2.04. The molecule has 0 unspecified atom stereocenters. The third kappa shape index (κ3) is 1.87. The highest BCUT2D eigenvalue weighted by Gasteiger charge is 2.04. The van der Waals surface area contributed by atoms with Gasteiger partial charge in [-0.2, -0.15) is 4.73 Å². The molecule has 12 heavy (non-hydrogen) atoms. The third-order valence-electron chi connectivity index (χ3n) is 1.71. The van der Waals surface area contributed by atoms with Gasteiger partial charge in [-0.15, -0.1) is 0 Å². The van der Waals surface area contributed by atoms with Crippen molar-refractivity contribution in [3.05, 3.63) is 29.2 Å². The van der Waals surface area contributed by atoms with Gasteiger partial charge in [-0.05, 0) is 6.42 Å². The second kappa shape index (κ2) is 3.95. The lowest BCUT2D eigenvalue weighted by Crippen LogP contribution is -2.30. The minimum absolute atomic E-state index is 0.741. The molecule has 0 spiro atoms. The Bertz CT molecular complexity index is 261. The highest BCUT2D eigenvalue weighted by molar-refractivity contribution is 5.19. The maximum Gasteiger partial charge on any atom is 0.196 e. The predicted molar refractivity (Wildman–Crippen MR) is 45.9 cm³/mol. The molecule has 0 saturated heterocycles. The molecule has 0 saturated carbocycles. The first-order chi connectivity index (χ1) is 5.77. The van der Waals surface area contributed by atoms with Gasteiger partial charge >= 0.3 is 0 Å². The average molecular weight is 167 g/mol. The Morgan fingerprint density at radius 1 is 1.58 bits per heavy atom. The molecule has 1 aromatic rings. The molecule has 0 radical (unpaired) electrons. The molecular formula is C9H13NO2. The topological polar surface area (TPSA) is 36.2 Å². The molecule has 3 heteroatoms. The first-order valence-electron chi connectivity index (χ1n) is 4.04. The molecule has 0 fully saturated rings. The third-order valence-corrected chi connectivity index (χ3v) is 1.71. The van der Waals surface area contributed by atoms with E-state index in [2.05, 4.69) is 0 Å². The minimum Gasteiger partial charge on any atom is -0.618 e. The van der Waals surface area contributed by atoms with Gasteiger partial charge in [0.15, 0.2) is 11.9 Å². The molecular weight excluding hydrogens is 154 g/mol. The summed E-state index contributed by atoms with van der Waals surface area (Å²) in [6, 6.07) is 3.43. The number of ether oxygens (including phenoxy) is 1. The number of pyridine rings is 1. The Kier molecular flexibility index (Phi) is 2.91. The van der Waals surface area contributed by atoms with Crippen molar-refractivity contribution in [2.24, 2.45) is 0 Å². The zero-order chi connectivity index (χ0) is 8.97. The number of aryl methyl sites for hydroxylation is 1. The van der Waals surface area contributed by atoms with Crippen LogP contribution in [0.25, 0.3) is 0 Å². The molecule has 0 aromatic carbocycles. The summed E-state index contributed by atoms with van der Waals surface area (Å²) in [7, 11) is 1.60. The molecule has 1 aromatic heterocycles. The molecule has 0 atom stereocenters. The van der Waals surface area contributed by atoms with Crippen molar-refractivity contribution < 1.29 is 9.47 Å². The first-order valence-corrected chi connectivity index (χ1v) is 4.04. The number of hydrogen-bond donors (Lipinski definition) is 0. The van der Waals surface area contributed by atoms with Gasteiger partial charge in [0.1, 0.15) is 5.75 Å². The van der Waals surface area contributed by atoms with E-state index in [1.54, 1.807) is 19.2 Å². The highest BCUT2D eigenvalue weighted by Crippen LogP contribution is 2.09. The van der Waals surface area contributed by atoms with Gasteiger partial charge in [0.2, 0.25) is 0 Å². The summed E-state index contributed by atoms with van der Waals surface area (Å²) in [5.74, 6) is 0.741. The van der Waals surface area contributed by atoms with E-state index < -0.39 is 0 Å². The quantitative estimate of drug-likeness (QED) is 0.502. The van der Waals surface area contributed by atoms with Gasteiger partial charge in [0, 0.05) is 18.6 Å². The fraction of sp³-hybridized carbons (Fsp3) is 0.444. The van der Waals surface area contributed by atoms with E-state index in [0.29, 0.717) is 0 Å². The predicted octanol–water partition coefficient (Wildman–Crippen LogP) is 1.28. The maximum atomic E-state index is 11.1. The van der Waals surface area contributed by atoms with E-state index in [1.165, 1.54) is 6.20 Å². The van der Waals surface area contributed by atoms with Crippen molar-refractivity contribution in [3.63, 3.8) is 0 Å². The first kappa shape index (κ1) is 8.84. The number of rotatable bonds is 3. The fourth-order valence-corrected chi connectivity index (χ4v) is 1.08. The Morgan fingerprint density at radius 2 is 2.33 bits per heavy atom. The zero-order valence-electron chi connectivity index (χ0n) is 7.41. The van der Waals surface area contributed by atoms with Crippen LogP contribution in [0.2, 0.25) is 0 Å². The lowest BCUT2D eigenvalue weighted by molar-refractivity contribution is -0.614. The van der Waals surface area contributed by atoms with Crippen molar-refractivity contribution in [1.82, 2.24) is 0 Å². The highest BCUT2D eigenvalue weighted by atomic mass is 16.5. The SMILES string of the molecule is CCCc1cc(OC)cc[n+]1[O-]. The van der Waals surface area contributed by atoms with Gasteiger partial charge in [0.25, 0.3) is 0 Å². The molecule has 0 amide bonds. The van der Waals surface area contributed by atoms with Crippen LogP contribution in [0.3, 0.4) is 0 Å². The van der Waals surface area contributed by atoms with Crippen molar-refractivity contribution >= 4 is 0 Å². The molecule has 0 aliphatic rings. The molecule has 3 nitrogen and oxygen atoms in total. The molecule has 0 aliphatic carbocycles. The zero-order valence-corrected chi connectivity index (χ0v) is 7.41. The Morgan fingerprint density at radius 3 is 2.92 bits per heavy atom. The monoisotopic (exact) mass is 167 g/mol. The van der Waals surface area contributed by atoms with Crippen LogP contribution < -0.4 is 9.47 Å². The van der Waals surface area contributed by atoms with Crippen LogP contribution >= 0.6 is 0 Å². The van der Waals surface area contributed by atoms with Crippen LogP contribution in [0.5, 0.6) is 5.75 Å². The maximum absolute atomic E-state index is 11.1. The summed E-state index contributed by atoms with van der Waals surface area (Å²) in [5.41, 5.74) is 0.761. The molecule has 0 aliphatic heterocycles. The molecule has 0 N–H and O–H groups in total. The molecule has 66 valence electrons. The fourth-order valence-electron chi connectivity index (χ4n) is 1.08. The van der Waals surface area contributed by atoms with Gasteiger partial charge in [0.05, 0.1) is 7.11 Å². The van der Waals surface area contributed by atoms with Crippen molar-refractivity contribution in [2.75, 3.05) is 7.11 Å². The Balaban J connectivity index is 2.91. The van der Waals surface area contributed by atoms with E-state index in [1.807, 2.05) is 6.92 Å². The van der Waals surface area contributed by atoms with Crippen molar-refractivity contribution in [3.8, 4) is 5.75 Å². The van der Waals surface area contributed by atoms with Crippen LogP contribution in [0.4, 0.5) is 0 Å². The summed E-state index contributed by atoms with van der Waals surface area (Å²) in [6.07, 6.45) is 3.24. The number of methoxy groups -OCH3 is 1. The summed E-state index contributed by atoms with van der Waals surface area (Å²) in [4.78, 5) is 0. The van der Waals surface area contributed by atoms with E-state index >= 15 is 0 Å². The van der Waals surface area contributed by atoms with Gasteiger partial charge < -0.3 is 9.94 Å². The average Bonchev–Trinajstić information content (AvgIpc) is 2.09. The Hall–Kier alpha value is -1.25. The summed E-state index contributed by atoms with van der Waals surface area (Å²) in [5, 5.41) is 11.1. The smallest absolute Gasteiger partial charge is 0.196 e. The van der Waals surface area contributed by atoms with Crippen LogP contribution in [0.1, 0.15) is 19.0 Å². The number of aromatic nitrogens is 1. The van der Waals surface area contributed by atoms with E-state index in [9.17, 15) is 5.21 Å². The number of nitrogens with zero attached hydrogens (tertiary/aromatic N) is 1. The van der Waals surface area contributed by atoms with E-state index in [4.69, 9.17) is 4.74 Å². The van der Waals surface area contributed by atoms with Gasteiger partial charge in [-0.25, -0.2) is 0 Å². The largest absolute Gasteiger partial charge is 0.618 e. The lowest BCUT2D eigenvalue weighted by atomic mass is 10.2. The molecule has 1 heterocycles. The molecule has 1 rings (SSSR count). The van der Waals surface area contributed by atoms with Crippen molar-refractivity contribution in [2.45, 2.75) is 19.8 Å².